The number of anilines is 2. The van der Waals surface area contributed by atoms with Gasteiger partial charge in [-0.25, -0.2) is 20.0 Å². The molecule has 0 saturated heterocycles. The van der Waals surface area contributed by atoms with Crippen molar-refractivity contribution in [3.63, 3.8) is 0 Å². The van der Waals surface area contributed by atoms with E-state index in [9.17, 15) is 14.0 Å². The Bertz CT molecular complexity index is 1300. The first kappa shape index (κ1) is 34.8. The van der Waals surface area contributed by atoms with Crippen molar-refractivity contribution in [1.29, 1.82) is 0 Å². The van der Waals surface area contributed by atoms with Crippen molar-refractivity contribution in [2.45, 2.75) is 62.9 Å². The summed E-state index contributed by atoms with van der Waals surface area (Å²) in [4.78, 5) is 36.5. The highest BCUT2D eigenvalue weighted by Gasteiger charge is 2.22. The van der Waals surface area contributed by atoms with Crippen molar-refractivity contribution in [2.24, 2.45) is 16.8 Å². The molecule has 1 aliphatic carbocycles. The van der Waals surface area contributed by atoms with Crippen molar-refractivity contribution in [2.75, 3.05) is 51.3 Å². The molecule has 242 valence electrons. The summed E-state index contributed by atoms with van der Waals surface area (Å²) in [6, 6.07) is 6.35. The largest absolute Gasteiger partial charge is 0.444 e. The predicted octanol–water partition coefficient (Wildman–Crippen LogP) is 4.48. The highest BCUT2D eigenvalue weighted by molar-refractivity contribution is 8.13. The number of pyridine rings is 1. The van der Waals surface area contributed by atoms with Crippen LogP contribution >= 0.6 is 11.8 Å². The van der Waals surface area contributed by atoms with Gasteiger partial charge >= 0.3 is 6.09 Å². The van der Waals surface area contributed by atoms with E-state index >= 15 is 0 Å². The summed E-state index contributed by atoms with van der Waals surface area (Å²) in [6.45, 7) is 6.40. The molecular formula is C29H43FN8O5S. The van der Waals surface area contributed by atoms with E-state index in [0.29, 0.717) is 23.0 Å². The van der Waals surface area contributed by atoms with Crippen LogP contribution in [0.2, 0.25) is 0 Å². The first-order valence-corrected chi connectivity index (χ1v) is 15.1. The SMILES string of the molecule is CONc1ccc(S/C(=N/N)N(N)CCOCCN(C)C(=O)OC(C)(C)C)c(C(=O)Nc2ncc(C3CCCC3)cc2F)c1. The molecule has 0 atom stereocenters. The van der Waals surface area contributed by atoms with Gasteiger partial charge in [0.2, 0.25) is 5.17 Å². The third-order valence-electron chi connectivity index (χ3n) is 6.68. The minimum absolute atomic E-state index is 0.166. The molecule has 2 amide bonds. The number of nitrogens with two attached hydrogens (primary N) is 2. The summed E-state index contributed by atoms with van der Waals surface area (Å²) in [7, 11) is 3.07. The van der Waals surface area contributed by atoms with Crippen LogP contribution in [0.25, 0.3) is 0 Å². The third-order valence-corrected chi connectivity index (χ3v) is 7.77. The molecule has 44 heavy (non-hydrogen) atoms. The smallest absolute Gasteiger partial charge is 0.410 e. The maximum atomic E-state index is 15.0. The van der Waals surface area contributed by atoms with Gasteiger partial charge in [0.15, 0.2) is 11.6 Å². The number of likely N-dealkylation sites (N-methyl/N-ethyl adjacent to an activating group) is 1. The fourth-order valence-corrected chi connectivity index (χ4v) is 5.29. The molecule has 3 rings (SSSR count). The Kier molecular flexibility index (Phi) is 13.0. The lowest BCUT2D eigenvalue weighted by Crippen LogP contribution is -2.39. The van der Waals surface area contributed by atoms with E-state index in [1.807, 2.05) is 0 Å². The Hall–Kier alpha value is -3.66. The van der Waals surface area contributed by atoms with E-state index in [4.69, 9.17) is 26.0 Å². The fraction of sp³-hybridized carbons (Fsp3) is 0.517. The minimum atomic E-state index is -0.599. The van der Waals surface area contributed by atoms with Crippen LogP contribution in [0.3, 0.4) is 0 Å². The number of benzene rings is 1. The van der Waals surface area contributed by atoms with Gasteiger partial charge in [-0.3, -0.25) is 20.1 Å². The second-order valence-corrected chi connectivity index (χ2v) is 12.3. The summed E-state index contributed by atoms with van der Waals surface area (Å²) in [5.41, 5.74) is 3.62. The molecule has 1 saturated carbocycles. The quantitative estimate of drug-likeness (QED) is 0.0648. The number of rotatable bonds is 12. The summed E-state index contributed by atoms with van der Waals surface area (Å²) in [5, 5.41) is 7.84. The molecule has 13 nitrogen and oxygen atoms in total. The van der Waals surface area contributed by atoms with Crippen LogP contribution in [0, 0.1) is 5.82 Å². The molecule has 0 unspecified atom stereocenters. The Morgan fingerprint density at radius 1 is 1.18 bits per heavy atom. The number of carbonyl (C=O) groups excluding carboxylic acids is 2. The normalized spacial score (nSPS) is 13.9. The molecule has 0 aliphatic heterocycles. The predicted molar refractivity (Wildman–Crippen MR) is 168 cm³/mol. The topological polar surface area (TPSA) is 170 Å². The number of hydrazone groups is 1. The lowest BCUT2D eigenvalue weighted by Gasteiger charge is -2.24. The fourth-order valence-electron chi connectivity index (χ4n) is 4.43. The monoisotopic (exact) mass is 634 g/mol. The number of nitrogens with zero attached hydrogens (tertiary/aromatic N) is 4. The van der Waals surface area contributed by atoms with Crippen molar-refractivity contribution < 1.29 is 28.3 Å². The van der Waals surface area contributed by atoms with Crippen LogP contribution in [0.5, 0.6) is 0 Å². The van der Waals surface area contributed by atoms with E-state index in [2.05, 4.69) is 20.9 Å². The van der Waals surface area contributed by atoms with Crippen molar-refractivity contribution >= 4 is 40.4 Å². The standard InChI is InChI=1S/C29H43FN8O5S/c1-29(2,3)43-28(40)37(4)12-14-42-15-13-38(32)27(35-31)44-24-11-10-21(36-41-5)17-22(24)26(39)34-25-23(30)16-20(18-33-25)19-8-6-7-9-19/h10-11,16-19,36H,6-9,12-15,31-32H2,1-5H3,(H,33,34,39)/b35-27+. The van der Waals surface area contributed by atoms with Gasteiger partial charge in [-0.2, -0.15) is 5.10 Å². The van der Waals surface area contributed by atoms with Crippen LogP contribution in [0.15, 0.2) is 40.5 Å². The molecule has 1 aliphatic rings. The molecule has 6 N–H and O–H groups in total. The van der Waals surface area contributed by atoms with E-state index < -0.39 is 23.4 Å². The Morgan fingerprint density at radius 2 is 1.89 bits per heavy atom. The van der Waals surface area contributed by atoms with Gasteiger partial charge in [-0.15, -0.1) is 0 Å². The summed E-state index contributed by atoms with van der Waals surface area (Å²) >= 11 is 1.05. The van der Waals surface area contributed by atoms with Crippen LogP contribution in [0.4, 0.5) is 20.7 Å². The number of ether oxygens (including phenoxy) is 2. The second-order valence-electron chi connectivity index (χ2n) is 11.3. The van der Waals surface area contributed by atoms with Gasteiger partial charge in [-0.1, -0.05) is 12.8 Å². The number of carbonyl (C=O) groups is 2. The van der Waals surface area contributed by atoms with Crippen molar-refractivity contribution in [1.82, 2.24) is 14.9 Å². The maximum Gasteiger partial charge on any atom is 0.410 e. The van der Waals surface area contributed by atoms with Gasteiger partial charge in [0.1, 0.15) is 5.60 Å². The van der Waals surface area contributed by atoms with Gasteiger partial charge in [0.05, 0.1) is 38.1 Å². The molecular weight excluding hydrogens is 591 g/mol. The number of hydrazine groups is 1. The molecule has 1 aromatic carbocycles. The molecule has 2 aromatic rings. The lowest BCUT2D eigenvalue weighted by molar-refractivity contribution is 0.0227. The summed E-state index contributed by atoms with van der Waals surface area (Å²) < 4.78 is 25.9. The van der Waals surface area contributed by atoms with Gasteiger partial charge in [0.25, 0.3) is 5.91 Å². The lowest BCUT2D eigenvalue weighted by atomic mass is 9.99. The second kappa shape index (κ2) is 16.4. The van der Waals surface area contributed by atoms with Crippen LogP contribution in [0.1, 0.15) is 68.3 Å². The highest BCUT2D eigenvalue weighted by Crippen LogP contribution is 2.35. The number of aromatic nitrogens is 1. The van der Waals surface area contributed by atoms with Gasteiger partial charge in [0, 0.05) is 24.7 Å². The zero-order valence-electron chi connectivity index (χ0n) is 25.9. The average molecular weight is 635 g/mol. The zero-order valence-corrected chi connectivity index (χ0v) is 26.7. The number of amides is 2. The maximum absolute atomic E-state index is 15.0. The summed E-state index contributed by atoms with van der Waals surface area (Å²) in [5.74, 6) is 10.8. The molecule has 1 fully saturated rings. The number of amidine groups is 1. The zero-order chi connectivity index (χ0) is 32.3. The average Bonchev–Trinajstić information content (AvgIpc) is 3.51. The molecule has 15 heteroatoms. The van der Waals surface area contributed by atoms with Crippen LogP contribution in [-0.2, 0) is 14.3 Å². The summed E-state index contributed by atoms with van der Waals surface area (Å²) in [6.07, 6.45) is 5.43. The molecule has 0 spiro atoms. The minimum Gasteiger partial charge on any atom is -0.444 e. The Labute approximate surface area is 261 Å². The van der Waals surface area contributed by atoms with Crippen LogP contribution < -0.4 is 22.5 Å². The number of hydrogen-bond acceptors (Lipinski definition) is 11. The molecule has 0 bridgehead atoms. The first-order valence-electron chi connectivity index (χ1n) is 14.3. The molecule has 0 radical (unpaired) electrons. The number of hydrogen-bond donors (Lipinski definition) is 4. The van der Waals surface area contributed by atoms with E-state index in [1.54, 1.807) is 52.2 Å². The van der Waals surface area contributed by atoms with Crippen molar-refractivity contribution in [3.05, 3.63) is 47.4 Å². The Balaban J connectivity index is 1.62. The van der Waals surface area contributed by atoms with Gasteiger partial charge < -0.3 is 25.5 Å². The molecule has 1 heterocycles. The van der Waals surface area contributed by atoms with E-state index in [-0.39, 0.29) is 36.3 Å². The third kappa shape index (κ3) is 10.5. The first-order chi connectivity index (χ1) is 20.9. The number of nitrogens with one attached hydrogen (secondary N) is 2. The van der Waals surface area contributed by atoms with E-state index in [1.165, 1.54) is 23.1 Å². The number of halogens is 1. The highest BCUT2D eigenvalue weighted by atomic mass is 32.2. The van der Waals surface area contributed by atoms with E-state index in [0.717, 1.165) is 43.0 Å². The number of thioether (sulfide) groups is 1. The van der Waals surface area contributed by atoms with Gasteiger partial charge in [-0.05, 0) is 81.1 Å². The van der Waals surface area contributed by atoms with Crippen LogP contribution in [-0.4, -0.2) is 78.1 Å². The Morgan fingerprint density at radius 3 is 2.52 bits per heavy atom. The molecule has 1 aromatic heterocycles. The van der Waals surface area contributed by atoms with Crippen molar-refractivity contribution in [3.8, 4) is 0 Å².